The second-order valence-electron chi connectivity index (χ2n) is 6.60. The number of hydrogen-bond acceptors (Lipinski definition) is 7. The summed E-state index contributed by atoms with van der Waals surface area (Å²) in [6, 6.07) is 11.7. The summed E-state index contributed by atoms with van der Waals surface area (Å²) in [6.45, 7) is 6.03. The van der Waals surface area contributed by atoms with E-state index < -0.39 is 0 Å². The maximum absolute atomic E-state index is 5.42. The lowest BCUT2D eigenvalue weighted by molar-refractivity contribution is 0.324. The molecule has 2 aromatic carbocycles. The lowest BCUT2D eigenvalue weighted by atomic mass is 10.1. The van der Waals surface area contributed by atoms with Gasteiger partial charge in [-0.3, -0.25) is 0 Å². The smallest absolute Gasteiger partial charge is 0.203 e. The van der Waals surface area contributed by atoms with E-state index in [-0.39, 0.29) is 0 Å². The molecule has 0 aliphatic rings. The molecule has 0 bridgehead atoms. The van der Waals surface area contributed by atoms with E-state index in [4.69, 9.17) is 14.2 Å². The first-order valence-electron chi connectivity index (χ1n) is 9.21. The Bertz CT molecular complexity index is 996. The van der Waals surface area contributed by atoms with Crippen molar-refractivity contribution in [3.63, 3.8) is 0 Å². The SMILES string of the molecule is COc1cc(Nc2cc(Nc3cccc(C)c3C)nc(C)n2)cc(OC)c1OC. The molecule has 0 saturated heterocycles. The highest BCUT2D eigenvalue weighted by atomic mass is 16.5. The summed E-state index contributed by atoms with van der Waals surface area (Å²) in [6.07, 6.45) is 0. The number of ether oxygens (including phenoxy) is 3. The van der Waals surface area contributed by atoms with Crippen LogP contribution in [0.25, 0.3) is 0 Å². The number of nitrogens with zero attached hydrogens (tertiary/aromatic N) is 2. The van der Waals surface area contributed by atoms with Crippen molar-refractivity contribution in [2.45, 2.75) is 20.8 Å². The molecule has 0 unspecified atom stereocenters. The van der Waals surface area contributed by atoms with Gasteiger partial charge in [-0.15, -0.1) is 0 Å². The van der Waals surface area contributed by atoms with Crippen LogP contribution in [-0.4, -0.2) is 31.3 Å². The average molecular weight is 394 g/mol. The number of benzene rings is 2. The Labute approximate surface area is 171 Å². The summed E-state index contributed by atoms with van der Waals surface area (Å²) >= 11 is 0. The molecule has 3 aromatic rings. The summed E-state index contributed by atoms with van der Waals surface area (Å²) in [4.78, 5) is 8.99. The minimum absolute atomic E-state index is 0.539. The second-order valence-corrected chi connectivity index (χ2v) is 6.60. The van der Waals surface area contributed by atoms with Gasteiger partial charge in [-0.05, 0) is 38.0 Å². The zero-order chi connectivity index (χ0) is 21.0. The Morgan fingerprint density at radius 2 is 1.38 bits per heavy atom. The topological polar surface area (TPSA) is 77.5 Å². The van der Waals surface area contributed by atoms with E-state index >= 15 is 0 Å². The molecule has 0 aliphatic heterocycles. The Morgan fingerprint density at radius 3 is 1.97 bits per heavy atom. The van der Waals surface area contributed by atoms with Crippen molar-refractivity contribution >= 4 is 23.0 Å². The van der Waals surface area contributed by atoms with Crippen molar-refractivity contribution in [3.05, 3.63) is 53.3 Å². The molecule has 0 amide bonds. The molecule has 0 spiro atoms. The van der Waals surface area contributed by atoms with Crippen LogP contribution in [0, 0.1) is 20.8 Å². The van der Waals surface area contributed by atoms with Crippen molar-refractivity contribution in [1.82, 2.24) is 9.97 Å². The van der Waals surface area contributed by atoms with Gasteiger partial charge in [0.05, 0.1) is 21.3 Å². The molecule has 1 aromatic heterocycles. The van der Waals surface area contributed by atoms with E-state index in [1.165, 1.54) is 11.1 Å². The number of nitrogens with one attached hydrogen (secondary N) is 2. The van der Waals surface area contributed by atoms with Crippen LogP contribution in [0.15, 0.2) is 36.4 Å². The molecule has 0 radical (unpaired) electrons. The number of methoxy groups -OCH3 is 3. The quantitative estimate of drug-likeness (QED) is 0.589. The third-order valence-electron chi connectivity index (χ3n) is 4.64. The molecule has 152 valence electrons. The van der Waals surface area contributed by atoms with Gasteiger partial charge >= 0.3 is 0 Å². The van der Waals surface area contributed by atoms with Gasteiger partial charge in [0, 0.05) is 29.6 Å². The lowest BCUT2D eigenvalue weighted by Crippen LogP contribution is -2.03. The molecule has 0 aliphatic carbocycles. The molecule has 0 atom stereocenters. The van der Waals surface area contributed by atoms with Crippen molar-refractivity contribution < 1.29 is 14.2 Å². The molecule has 29 heavy (non-hydrogen) atoms. The molecule has 2 N–H and O–H groups in total. The maximum Gasteiger partial charge on any atom is 0.203 e. The lowest BCUT2D eigenvalue weighted by Gasteiger charge is -2.16. The van der Waals surface area contributed by atoms with Crippen LogP contribution in [0.1, 0.15) is 17.0 Å². The molecule has 7 nitrogen and oxygen atoms in total. The number of hydrogen-bond donors (Lipinski definition) is 2. The Kier molecular flexibility index (Phi) is 6.07. The molecule has 3 rings (SSSR count). The summed E-state index contributed by atoms with van der Waals surface area (Å²) < 4.78 is 16.2. The maximum atomic E-state index is 5.42. The number of aryl methyl sites for hydroxylation is 2. The summed E-state index contributed by atoms with van der Waals surface area (Å²) in [5, 5.41) is 6.67. The zero-order valence-corrected chi connectivity index (χ0v) is 17.6. The Hall–Kier alpha value is -3.48. The Balaban J connectivity index is 1.92. The standard InChI is InChI=1S/C22H26N4O3/c1-13-8-7-9-17(14(13)2)26-21-12-20(23-15(3)24-21)25-16-10-18(27-4)22(29-6)19(11-16)28-5/h7-12H,1-6H3,(H2,23,24,25,26). The molecule has 7 heteroatoms. The van der Waals surface area contributed by atoms with E-state index in [9.17, 15) is 0 Å². The normalized spacial score (nSPS) is 10.4. The van der Waals surface area contributed by atoms with E-state index in [2.05, 4.69) is 40.5 Å². The fraction of sp³-hybridized carbons (Fsp3) is 0.273. The van der Waals surface area contributed by atoms with Gasteiger partial charge in [-0.25, -0.2) is 9.97 Å². The van der Waals surface area contributed by atoms with Gasteiger partial charge in [0.15, 0.2) is 11.5 Å². The minimum Gasteiger partial charge on any atom is -0.493 e. The Morgan fingerprint density at radius 1 is 0.759 bits per heavy atom. The first-order valence-corrected chi connectivity index (χ1v) is 9.21. The zero-order valence-electron chi connectivity index (χ0n) is 17.6. The highest BCUT2D eigenvalue weighted by Gasteiger charge is 2.14. The van der Waals surface area contributed by atoms with Crippen LogP contribution in [0.2, 0.25) is 0 Å². The van der Waals surface area contributed by atoms with E-state index in [1.54, 1.807) is 21.3 Å². The predicted octanol–water partition coefficient (Wildman–Crippen LogP) is 4.91. The van der Waals surface area contributed by atoms with Crippen LogP contribution in [-0.2, 0) is 0 Å². The van der Waals surface area contributed by atoms with Crippen LogP contribution in [0.5, 0.6) is 17.2 Å². The minimum atomic E-state index is 0.539. The largest absolute Gasteiger partial charge is 0.493 e. The van der Waals surface area contributed by atoms with Crippen molar-refractivity contribution in [1.29, 1.82) is 0 Å². The van der Waals surface area contributed by atoms with Crippen LogP contribution in [0.3, 0.4) is 0 Å². The third-order valence-corrected chi connectivity index (χ3v) is 4.64. The van der Waals surface area contributed by atoms with Gasteiger partial charge in [0.1, 0.15) is 17.5 Å². The number of anilines is 4. The molecule has 0 fully saturated rings. The predicted molar refractivity (Wildman–Crippen MR) is 115 cm³/mol. The average Bonchev–Trinajstić information content (AvgIpc) is 2.70. The molecule has 1 heterocycles. The number of aromatic nitrogens is 2. The monoisotopic (exact) mass is 394 g/mol. The third kappa shape index (κ3) is 4.51. The summed E-state index contributed by atoms with van der Waals surface area (Å²) in [5.74, 6) is 3.68. The number of rotatable bonds is 7. The van der Waals surface area contributed by atoms with E-state index in [0.29, 0.717) is 34.7 Å². The van der Waals surface area contributed by atoms with Crippen LogP contribution >= 0.6 is 0 Å². The van der Waals surface area contributed by atoms with Crippen LogP contribution in [0.4, 0.5) is 23.0 Å². The van der Waals surface area contributed by atoms with Crippen LogP contribution < -0.4 is 24.8 Å². The molecule has 0 saturated carbocycles. The fourth-order valence-electron chi connectivity index (χ4n) is 3.02. The van der Waals surface area contributed by atoms with Gasteiger partial charge < -0.3 is 24.8 Å². The van der Waals surface area contributed by atoms with E-state index in [1.807, 2.05) is 37.3 Å². The van der Waals surface area contributed by atoms with Crippen molar-refractivity contribution in [3.8, 4) is 17.2 Å². The first-order chi connectivity index (χ1) is 13.9. The van der Waals surface area contributed by atoms with Crippen molar-refractivity contribution in [2.24, 2.45) is 0 Å². The summed E-state index contributed by atoms with van der Waals surface area (Å²) in [7, 11) is 4.75. The van der Waals surface area contributed by atoms with E-state index in [0.717, 1.165) is 11.4 Å². The van der Waals surface area contributed by atoms with Crippen molar-refractivity contribution in [2.75, 3.05) is 32.0 Å². The first kappa shape index (κ1) is 20.3. The van der Waals surface area contributed by atoms with Gasteiger partial charge in [0.2, 0.25) is 5.75 Å². The highest BCUT2D eigenvalue weighted by Crippen LogP contribution is 2.40. The highest BCUT2D eigenvalue weighted by molar-refractivity contribution is 5.69. The molecular formula is C22H26N4O3. The van der Waals surface area contributed by atoms with Gasteiger partial charge in [-0.1, -0.05) is 12.1 Å². The molecular weight excluding hydrogens is 368 g/mol. The van der Waals surface area contributed by atoms with Gasteiger partial charge in [-0.2, -0.15) is 0 Å². The fourth-order valence-corrected chi connectivity index (χ4v) is 3.02. The second kappa shape index (κ2) is 8.68. The van der Waals surface area contributed by atoms with Gasteiger partial charge in [0.25, 0.3) is 0 Å². The summed E-state index contributed by atoms with van der Waals surface area (Å²) in [5.41, 5.74) is 4.18.